The van der Waals surface area contributed by atoms with Crippen molar-refractivity contribution in [3.8, 4) is 0 Å². The number of hydrogen-bond donors (Lipinski definition) is 2. The van der Waals surface area contributed by atoms with Gasteiger partial charge in [0.05, 0.1) is 6.04 Å². The van der Waals surface area contributed by atoms with Crippen LogP contribution in [0.4, 0.5) is 0 Å². The lowest BCUT2D eigenvalue weighted by atomic mass is 10.1. The monoisotopic (exact) mass is 280 g/mol. The van der Waals surface area contributed by atoms with E-state index in [-0.39, 0.29) is 18.0 Å². The van der Waals surface area contributed by atoms with Crippen LogP contribution in [0.3, 0.4) is 0 Å². The summed E-state index contributed by atoms with van der Waals surface area (Å²) in [6, 6.07) is 8.59. The number of benzene rings is 1. The Morgan fingerprint density at radius 1 is 1.26 bits per heavy atom. The molecule has 0 aliphatic heterocycles. The Hall–Kier alpha value is -1.00. The van der Waals surface area contributed by atoms with E-state index in [1.165, 1.54) is 4.90 Å². The van der Waals surface area contributed by atoms with Crippen molar-refractivity contribution < 1.29 is 4.79 Å². The van der Waals surface area contributed by atoms with Crippen LogP contribution in [0.15, 0.2) is 29.2 Å². The molecule has 1 aromatic carbocycles. The van der Waals surface area contributed by atoms with Crippen LogP contribution in [0, 0.1) is 0 Å². The minimum atomic E-state index is 0.0530. The molecule has 1 aromatic rings. The van der Waals surface area contributed by atoms with Gasteiger partial charge in [0.15, 0.2) is 0 Å². The van der Waals surface area contributed by atoms with Crippen LogP contribution >= 0.6 is 11.8 Å². The first-order valence-corrected chi connectivity index (χ1v) is 7.96. The van der Waals surface area contributed by atoms with Crippen LogP contribution < -0.4 is 10.6 Å². The summed E-state index contributed by atoms with van der Waals surface area (Å²) in [6.45, 7) is 6.98. The molecule has 4 heteroatoms. The lowest BCUT2D eigenvalue weighted by Crippen LogP contribution is -2.34. The van der Waals surface area contributed by atoms with Gasteiger partial charge in [-0.3, -0.25) is 4.79 Å². The van der Waals surface area contributed by atoms with E-state index in [0.29, 0.717) is 6.42 Å². The van der Waals surface area contributed by atoms with Crippen LogP contribution in [0.2, 0.25) is 0 Å². The van der Waals surface area contributed by atoms with Crippen molar-refractivity contribution in [1.82, 2.24) is 10.6 Å². The third-order valence-corrected chi connectivity index (χ3v) is 3.78. The predicted molar refractivity (Wildman–Crippen MR) is 82.5 cm³/mol. The first kappa shape index (κ1) is 16.1. The zero-order valence-electron chi connectivity index (χ0n) is 12.2. The fourth-order valence-electron chi connectivity index (χ4n) is 1.98. The van der Waals surface area contributed by atoms with Crippen LogP contribution in [-0.2, 0) is 4.79 Å². The molecule has 0 aliphatic carbocycles. The number of hydrogen-bond acceptors (Lipinski definition) is 3. The van der Waals surface area contributed by atoms with Crippen molar-refractivity contribution in [3.05, 3.63) is 29.8 Å². The van der Waals surface area contributed by atoms with E-state index in [2.05, 4.69) is 41.2 Å². The highest BCUT2D eigenvalue weighted by molar-refractivity contribution is 7.98. The highest BCUT2D eigenvalue weighted by atomic mass is 32.2. The number of rotatable bonds is 7. The zero-order valence-corrected chi connectivity index (χ0v) is 13.0. The molecule has 0 saturated carbocycles. The molecule has 2 atom stereocenters. The van der Waals surface area contributed by atoms with Crippen LogP contribution in [-0.4, -0.2) is 24.7 Å². The Kier molecular flexibility index (Phi) is 6.95. The van der Waals surface area contributed by atoms with Gasteiger partial charge in [-0.1, -0.05) is 19.1 Å². The molecule has 106 valence electrons. The van der Waals surface area contributed by atoms with E-state index in [1.807, 2.05) is 20.8 Å². The van der Waals surface area contributed by atoms with Crippen molar-refractivity contribution >= 4 is 17.7 Å². The van der Waals surface area contributed by atoms with Crippen molar-refractivity contribution in [2.45, 2.75) is 44.2 Å². The van der Waals surface area contributed by atoms with E-state index >= 15 is 0 Å². The Morgan fingerprint density at radius 3 is 2.42 bits per heavy atom. The molecule has 2 N–H and O–H groups in total. The first-order valence-electron chi connectivity index (χ1n) is 6.73. The number of carbonyl (C=O) groups excluding carboxylic acids is 1. The average Bonchev–Trinajstić information content (AvgIpc) is 2.38. The quantitative estimate of drug-likeness (QED) is 0.755. The predicted octanol–water partition coefficient (Wildman–Crippen LogP) is 2.97. The van der Waals surface area contributed by atoms with E-state index < -0.39 is 0 Å². The smallest absolute Gasteiger partial charge is 0.222 e. The van der Waals surface area contributed by atoms with Gasteiger partial charge in [0.25, 0.3) is 0 Å². The summed E-state index contributed by atoms with van der Waals surface area (Å²) in [5, 5.41) is 6.28. The lowest BCUT2D eigenvalue weighted by Gasteiger charge is -2.17. The number of nitrogens with one attached hydrogen (secondary N) is 2. The van der Waals surface area contributed by atoms with Gasteiger partial charge >= 0.3 is 0 Å². The standard InChI is InChI=1S/C15H24N2OS/c1-5-16-11(2)10-15(18)17-12(3)13-6-8-14(19-4)9-7-13/h6-9,11-12,16H,5,10H2,1-4H3,(H,17,18). The topological polar surface area (TPSA) is 41.1 Å². The molecule has 0 heterocycles. The Morgan fingerprint density at radius 2 is 1.89 bits per heavy atom. The minimum absolute atomic E-state index is 0.0530. The molecule has 2 unspecified atom stereocenters. The molecule has 0 bridgehead atoms. The highest BCUT2D eigenvalue weighted by Gasteiger charge is 2.12. The van der Waals surface area contributed by atoms with Crippen LogP contribution in [0.25, 0.3) is 0 Å². The number of thioether (sulfide) groups is 1. The zero-order chi connectivity index (χ0) is 14.3. The summed E-state index contributed by atoms with van der Waals surface area (Å²) in [7, 11) is 0. The molecule has 3 nitrogen and oxygen atoms in total. The molecule has 0 aromatic heterocycles. The molecule has 0 radical (unpaired) electrons. The van der Waals surface area contributed by atoms with Gasteiger partial charge in [0.1, 0.15) is 0 Å². The summed E-state index contributed by atoms with van der Waals surface area (Å²) in [6.07, 6.45) is 2.57. The molecule has 1 amide bonds. The van der Waals surface area contributed by atoms with Crippen molar-refractivity contribution in [3.63, 3.8) is 0 Å². The molecule has 0 fully saturated rings. The molecule has 0 saturated heterocycles. The third-order valence-electron chi connectivity index (χ3n) is 3.04. The van der Waals surface area contributed by atoms with Gasteiger partial charge in [-0.25, -0.2) is 0 Å². The highest BCUT2D eigenvalue weighted by Crippen LogP contribution is 2.18. The number of amides is 1. The summed E-state index contributed by atoms with van der Waals surface area (Å²) in [5.41, 5.74) is 1.14. The first-order chi connectivity index (χ1) is 9.06. The van der Waals surface area contributed by atoms with Crippen molar-refractivity contribution in [2.75, 3.05) is 12.8 Å². The Labute approximate surface area is 120 Å². The fourth-order valence-corrected chi connectivity index (χ4v) is 2.38. The SMILES string of the molecule is CCNC(C)CC(=O)NC(C)c1ccc(SC)cc1. The Balaban J connectivity index is 2.48. The van der Waals surface area contributed by atoms with Crippen molar-refractivity contribution in [1.29, 1.82) is 0 Å². The second kappa shape index (κ2) is 8.23. The van der Waals surface area contributed by atoms with Crippen LogP contribution in [0.5, 0.6) is 0 Å². The van der Waals surface area contributed by atoms with E-state index in [1.54, 1.807) is 11.8 Å². The average molecular weight is 280 g/mol. The maximum absolute atomic E-state index is 11.9. The van der Waals surface area contributed by atoms with Gasteiger partial charge in [-0.2, -0.15) is 0 Å². The second-order valence-corrected chi connectivity index (χ2v) is 5.60. The van der Waals surface area contributed by atoms with Gasteiger partial charge in [0.2, 0.25) is 5.91 Å². The van der Waals surface area contributed by atoms with E-state index in [4.69, 9.17) is 0 Å². The molecule has 0 spiro atoms. The van der Waals surface area contributed by atoms with Crippen LogP contribution in [0.1, 0.15) is 38.8 Å². The Bertz CT molecular complexity index is 392. The molecule has 19 heavy (non-hydrogen) atoms. The van der Waals surface area contributed by atoms with Gasteiger partial charge in [0, 0.05) is 17.4 Å². The summed E-state index contributed by atoms with van der Waals surface area (Å²) in [5.74, 6) is 0.0925. The third kappa shape index (κ3) is 5.66. The molecule has 1 rings (SSSR count). The van der Waals surface area contributed by atoms with Gasteiger partial charge < -0.3 is 10.6 Å². The van der Waals surface area contributed by atoms with Gasteiger partial charge in [-0.05, 0) is 44.3 Å². The normalized spacial score (nSPS) is 13.9. The van der Waals surface area contributed by atoms with E-state index in [9.17, 15) is 4.79 Å². The second-order valence-electron chi connectivity index (χ2n) is 4.73. The minimum Gasteiger partial charge on any atom is -0.350 e. The fraction of sp³-hybridized carbons (Fsp3) is 0.533. The summed E-state index contributed by atoms with van der Waals surface area (Å²) in [4.78, 5) is 13.1. The summed E-state index contributed by atoms with van der Waals surface area (Å²) >= 11 is 1.72. The number of carbonyl (C=O) groups is 1. The molecular weight excluding hydrogens is 256 g/mol. The maximum atomic E-state index is 11.9. The lowest BCUT2D eigenvalue weighted by molar-refractivity contribution is -0.122. The molecular formula is C15H24N2OS. The van der Waals surface area contributed by atoms with Crippen molar-refractivity contribution in [2.24, 2.45) is 0 Å². The van der Waals surface area contributed by atoms with E-state index in [0.717, 1.165) is 12.1 Å². The van der Waals surface area contributed by atoms with Gasteiger partial charge in [-0.15, -0.1) is 11.8 Å². The largest absolute Gasteiger partial charge is 0.350 e. The maximum Gasteiger partial charge on any atom is 0.222 e. The molecule has 0 aliphatic rings. The summed E-state index contributed by atoms with van der Waals surface area (Å²) < 4.78 is 0.